The van der Waals surface area contributed by atoms with Gasteiger partial charge in [0.25, 0.3) is 5.91 Å². The molecule has 6 nitrogen and oxygen atoms in total. The molecule has 3 aromatic rings. The summed E-state index contributed by atoms with van der Waals surface area (Å²) in [6.45, 7) is 0.342. The van der Waals surface area contributed by atoms with Gasteiger partial charge in [-0.05, 0) is 60.0 Å². The summed E-state index contributed by atoms with van der Waals surface area (Å²) in [4.78, 5) is 29.6. The van der Waals surface area contributed by atoms with Crippen LogP contribution in [0, 0.1) is 0 Å². The third-order valence-electron chi connectivity index (χ3n) is 4.92. The van der Waals surface area contributed by atoms with E-state index in [1.807, 2.05) is 12.1 Å². The molecule has 1 aliphatic rings. The predicted molar refractivity (Wildman–Crippen MR) is 122 cm³/mol. The van der Waals surface area contributed by atoms with Gasteiger partial charge in [-0.2, -0.15) is 0 Å². The van der Waals surface area contributed by atoms with Gasteiger partial charge in [0.1, 0.15) is 16.2 Å². The molecule has 0 spiro atoms. The molecule has 2 N–H and O–H groups in total. The van der Waals surface area contributed by atoms with Crippen molar-refractivity contribution in [2.24, 2.45) is 0 Å². The summed E-state index contributed by atoms with van der Waals surface area (Å²) < 4.78 is 15.5. The van der Waals surface area contributed by atoms with Crippen LogP contribution in [0.2, 0.25) is 10.0 Å². The summed E-state index contributed by atoms with van der Waals surface area (Å²) in [7, 11) is -1.61. The lowest BCUT2D eigenvalue weighted by Gasteiger charge is -2.24. The van der Waals surface area contributed by atoms with E-state index in [4.69, 9.17) is 23.2 Å². The number of rotatable bonds is 5. The number of aromatic nitrogens is 1. The molecule has 0 saturated carbocycles. The molecule has 1 aliphatic heterocycles. The highest BCUT2D eigenvalue weighted by atomic mass is 35.5. The number of hydrogen-bond donors (Lipinski definition) is 2. The minimum absolute atomic E-state index is 0.229. The fourth-order valence-corrected chi connectivity index (χ4v) is 4.79. The smallest absolute Gasteiger partial charge is 0.251 e. The number of pyridine rings is 1. The normalized spacial score (nSPS) is 17.5. The first kappa shape index (κ1) is 21.5. The summed E-state index contributed by atoms with van der Waals surface area (Å²) in [5.74, 6) is -0.595. The van der Waals surface area contributed by atoms with Gasteiger partial charge in [0.15, 0.2) is 5.78 Å². The Bertz CT molecular complexity index is 1190. The highest BCUT2D eigenvalue weighted by molar-refractivity contribution is 7.88. The van der Waals surface area contributed by atoms with Crippen molar-refractivity contribution in [1.29, 1.82) is 0 Å². The van der Waals surface area contributed by atoms with E-state index in [1.54, 1.807) is 42.7 Å². The van der Waals surface area contributed by atoms with Gasteiger partial charge < -0.3 is 10.0 Å². The topological polar surface area (TPSA) is 88.2 Å². The maximum absolute atomic E-state index is 13.1. The Morgan fingerprint density at radius 3 is 2.55 bits per heavy atom. The predicted octanol–water partition coefficient (Wildman–Crippen LogP) is 4.20. The van der Waals surface area contributed by atoms with Gasteiger partial charge in [-0.15, -0.1) is 0 Å². The summed E-state index contributed by atoms with van der Waals surface area (Å²) in [5.41, 5.74) is 2.79. The van der Waals surface area contributed by atoms with Crippen molar-refractivity contribution in [2.45, 2.75) is 18.2 Å². The number of anilines is 1. The van der Waals surface area contributed by atoms with E-state index < -0.39 is 16.2 Å². The Hall–Kier alpha value is -2.74. The summed E-state index contributed by atoms with van der Waals surface area (Å²) in [5, 5.41) is 2.80. The standard InChI is InChI=1S/C22H17Cl2N3O3S/c23-17-3-1-14(9-18(17)24)10-20-21(28)16-11-15(2-4-19(16)27-31(20)30)22(29)26-12-13-5-7-25-8-6-13/h1-9,11,20,27H,10,12H2,(H,26,29). The van der Waals surface area contributed by atoms with Gasteiger partial charge in [-0.3, -0.25) is 14.6 Å². The van der Waals surface area contributed by atoms with Crippen LogP contribution in [0.4, 0.5) is 5.69 Å². The number of Topliss-reactive ketones (excluding diaryl/α,β-unsaturated/α-hetero) is 1. The van der Waals surface area contributed by atoms with Gasteiger partial charge in [-0.1, -0.05) is 29.3 Å². The fraction of sp³-hybridized carbons (Fsp3) is 0.136. The molecule has 9 heteroatoms. The Morgan fingerprint density at radius 2 is 1.81 bits per heavy atom. The van der Waals surface area contributed by atoms with Crippen LogP contribution in [0.15, 0.2) is 60.9 Å². The summed E-state index contributed by atoms with van der Waals surface area (Å²) >= 11 is 12.0. The van der Waals surface area contributed by atoms with E-state index in [0.29, 0.717) is 33.4 Å². The Kier molecular flexibility index (Phi) is 6.36. The van der Waals surface area contributed by atoms with Gasteiger partial charge in [-0.25, -0.2) is 4.21 Å². The lowest BCUT2D eigenvalue weighted by Crippen LogP contribution is -2.37. The number of benzene rings is 2. The van der Waals surface area contributed by atoms with Crippen LogP contribution < -0.4 is 10.0 Å². The number of carbonyl (C=O) groups is 2. The highest BCUT2D eigenvalue weighted by Gasteiger charge is 2.34. The molecular weight excluding hydrogens is 457 g/mol. The average Bonchev–Trinajstić information content (AvgIpc) is 2.78. The van der Waals surface area contributed by atoms with E-state index in [2.05, 4.69) is 15.0 Å². The van der Waals surface area contributed by atoms with Gasteiger partial charge in [0, 0.05) is 30.1 Å². The van der Waals surface area contributed by atoms with Crippen molar-refractivity contribution in [3.63, 3.8) is 0 Å². The molecule has 1 amide bonds. The number of carbonyl (C=O) groups excluding carboxylic acids is 2. The van der Waals surface area contributed by atoms with Crippen LogP contribution >= 0.6 is 23.2 Å². The van der Waals surface area contributed by atoms with E-state index in [1.165, 1.54) is 6.07 Å². The van der Waals surface area contributed by atoms with Crippen molar-refractivity contribution in [3.8, 4) is 0 Å². The molecular formula is C22H17Cl2N3O3S. The summed E-state index contributed by atoms with van der Waals surface area (Å²) in [6, 6.07) is 13.4. The molecule has 2 aromatic carbocycles. The fourth-order valence-electron chi connectivity index (χ4n) is 3.26. The molecule has 1 aromatic heterocycles. The second-order valence-electron chi connectivity index (χ2n) is 7.00. The molecule has 4 rings (SSSR count). The van der Waals surface area contributed by atoms with E-state index in [0.717, 1.165) is 11.1 Å². The van der Waals surface area contributed by atoms with Crippen molar-refractivity contribution >= 4 is 51.6 Å². The number of nitrogens with zero attached hydrogens (tertiary/aromatic N) is 1. The number of nitrogens with one attached hydrogen (secondary N) is 2. The number of hydrogen-bond acceptors (Lipinski definition) is 4. The summed E-state index contributed by atoms with van der Waals surface area (Å²) in [6.07, 6.45) is 3.53. The van der Waals surface area contributed by atoms with Crippen LogP contribution in [-0.2, 0) is 24.0 Å². The van der Waals surface area contributed by atoms with E-state index in [9.17, 15) is 13.8 Å². The molecule has 0 radical (unpaired) electrons. The van der Waals surface area contributed by atoms with Gasteiger partial charge >= 0.3 is 0 Å². The molecule has 31 heavy (non-hydrogen) atoms. The maximum atomic E-state index is 13.1. The average molecular weight is 474 g/mol. The van der Waals surface area contributed by atoms with Crippen LogP contribution in [0.3, 0.4) is 0 Å². The Labute approximate surface area is 191 Å². The Balaban J connectivity index is 1.53. The van der Waals surface area contributed by atoms with Crippen molar-refractivity contribution in [1.82, 2.24) is 10.3 Å². The van der Waals surface area contributed by atoms with Crippen molar-refractivity contribution in [3.05, 3.63) is 93.2 Å². The minimum Gasteiger partial charge on any atom is -0.348 e. The van der Waals surface area contributed by atoms with Crippen molar-refractivity contribution < 1.29 is 13.8 Å². The third kappa shape index (κ3) is 4.79. The number of fused-ring (bicyclic) bond motifs is 1. The monoisotopic (exact) mass is 473 g/mol. The van der Waals surface area contributed by atoms with Crippen LogP contribution in [-0.4, -0.2) is 26.1 Å². The van der Waals surface area contributed by atoms with Crippen LogP contribution in [0.5, 0.6) is 0 Å². The SMILES string of the molecule is O=C(NCc1ccncc1)c1ccc2c(c1)C(=O)C(Cc1ccc(Cl)c(Cl)c1)S(=O)N2. The first-order chi connectivity index (χ1) is 14.9. The largest absolute Gasteiger partial charge is 0.348 e. The lowest BCUT2D eigenvalue weighted by molar-refractivity contribution is 0.0951. The quantitative estimate of drug-likeness (QED) is 0.580. The molecule has 0 bridgehead atoms. The molecule has 0 aliphatic carbocycles. The zero-order valence-corrected chi connectivity index (χ0v) is 18.4. The number of halogens is 2. The molecule has 158 valence electrons. The first-order valence-corrected chi connectivity index (χ1v) is 11.4. The second-order valence-corrected chi connectivity index (χ2v) is 9.19. The second kappa shape index (κ2) is 9.18. The van der Waals surface area contributed by atoms with Crippen LogP contribution in [0.1, 0.15) is 31.8 Å². The van der Waals surface area contributed by atoms with E-state index >= 15 is 0 Å². The first-order valence-electron chi connectivity index (χ1n) is 9.39. The lowest BCUT2D eigenvalue weighted by atomic mass is 9.98. The molecule has 0 fully saturated rings. The molecule has 2 unspecified atom stereocenters. The molecule has 2 atom stereocenters. The van der Waals surface area contributed by atoms with Gasteiger partial charge in [0.05, 0.1) is 15.7 Å². The molecule has 2 heterocycles. The highest BCUT2D eigenvalue weighted by Crippen LogP contribution is 2.29. The maximum Gasteiger partial charge on any atom is 0.251 e. The van der Waals surface area contributed by atoms with Crippen LogP contribution in [0.25, 0.3) is 0 Å². The van der Waals surface area contributed by atoms with Gasteiger partial charge in [0.2, 0.25) is 0 Å². The molecule has 0 saturated heterocycles. The number of ketones is 1. The number of amides is 1. The zero-order chi connectivity index (χ0) is 22.0. The Morgan fingerprint density at radius 1 is 1.03 bits per heavy atom. The van der Waals surface area contributed by atoms with Crippen molar-refractivity contribution in [2.75, 3.05) is 4.72 Å². The third-order valence-corrected chi connectivity index (χ3v) is 6.97. The minimum atomic E-state index is -1.61. The zero-order valence-electron chi connectivity index (χ0n) is 16.1. The van der Waals surface area contributed by atoms with E-state index in [-0.39, 0.29) is 18.1 Å².